The average molecular weight is 776 g/mol. The third-order valence-corrected chi connectivity index (χ3v) is 12.1. The molecule has 0 aliphatic rings. The van der Waals surface area contributed by atoms with Crippen molar-refractivity contribution in [2.45, 2.75) is 0 Å². The number of fused-ring (bicyclic) bond motifs is 4. The van der Waals surface area contributed by atoms with E-state index in [1.807, 2.05) is 0 Å². The fourth-order valence-corrected chi connectivity index (χ4v) is 9.03. The van der Waals surface area contributed by atoms with Crippen molar-refractivity contribution >= 4 is 49.4 Å². The fourth-order valence-electron chi connectivity index (χ4n) is 9.03. The van der Waals surface area contributed by atoms with Crippen LogP contribution in [0.5, 0.6) is 0 Å². The summed E-state index contributed by atoms with van der Waals surface area (Å²) in [5.41, 5.74) is 15.3. The third kappa shape index (κ3) is 6.83. The van der Waals surface area contributed by atoms with Gasteiger partial charge in [0.15, 0.2) is 0 Å². The highest BCUT2D eigenvalue weighted by Gasteiger charge is 2.21. The largest absolute Gasteiger partial charge is 0.310 e. The van der Waals surface area contributed by atoms with Crippen LogP contribution in [0.25, 0.3) is 88.0 Å². The monoisotopic (exact) mass is 775 g/mol. The molecule has 1 heteroatoms. The highest BCUT2D eigenvalue weighted by Crippen LogP contribution is 2.46. The minimum absolute atomic E-state index is 1.09. The summed E-state index contributed by atoms with van der Waals surface area (Å²) in [6.45, 7) is 0. The number of hydrogen-bond donors (Lipinski definition) is 0. The van der Waals surface area contributed by atoms with E-state index < -0.39 is 0 Å². The Morgan fingerprint density at radius 1 is 0.213 bits per heavy atom. The summed E-state index contributed by atoms with van der Waals surface area (Å²) in [7, 11) is 0. The van der Waals surface area contributed by atoms with E-state index in [9.17, 15) is 0 Å². The van der Waals surface area contributed by atoms with Crippen LogP contribution >= 0.6 is 0 Å². The summed E-state index contributed by atoms with van der Waals surface area (Å²) < 4.78 is 0. The first-order chi connectivity index (χ1) is 30.2. The molecule has 0 unspecified atom stereocenters. The predicted molar refractivity (Wildman–Crippen MR) is 261 cm³/mol. The van der Waals surface area contributed by atoms with E-state index in [4.69, 9.17) is 0 Å². The van der Waals surface area contributed by atoms with E-state index >= 15 is 0 Å². The maximum absolute atomic E-state index is 2.43. The van der Waals surface area contributed by atoms with Gasteiger partial charge >= 0.3 is 0 Å². The van der Waals surface area contributed by atoms with Crippen molar-refractivity contribution in [1.29, 1.82) is 0 Å². The zero-order chi connectivity index (χ0) is 40.5. The van der Waals surface area contributed by atoms with Gasteiger partial charge < -0.3 is 4.90 Å². The molecule has 11 rings (SSSR count). The van der Waals surface area contributed by atoms with Crippen molar-refractivity contribution in [2.75, 3.05) is 4.90 Å². The highest BCUT2D eigenvalue weighted by atomic mass is 15.1. The lowest BCUT2D eigenvalue weighted by Crippen LogP contribution is -2.11. The van der Waals surface area contributed by atoms with E-state index in [0.717, 1.165) is 22.6 Å². The molecule has 0 amide bonds. The van der Waals surface area contributed by atoms with Gasteiger partial charge in [-0.3, -0.25) is 0 Å². The van der Waals surface area contributed by atoms with Crippen molar-refractivity contribution in [3.05, 3.63) is 249 Å². The van der Waals surface area contributed by atoms with E-state index in [0.29, 0.717) is 0 Å². The van der Waals surface area contributed by atoms with E-state index in [2.05, 4.69) is 254 Å². The molecule has 11 aromatic carbocycles. The second-order valence-corrected chi connectivity index (χ2v) is 15.7. The zero-order valence-corrected chi connectivity index (χ0v) is 33.6. The minimum atomic E-state index is 1.09. The Bertz CT molecular complexity index is 3340. The van der Waals surface area contributed by atoms with Crippen LogP contribution in [0, 0.1) is 0 Å². The van der Waals surface area contributed by atoms with Crippen molar-refractivity contribution in [3.8, 4) is 55.6 Å². The summed E-state index contributed by atoms with van der Waals surface area (Å²) in [5, 5.41) is 7.48. The molecule has 0 N–H and O–H groups in total. The lowest BCUT2D eigenvalue weighted by Gasteiger charge is -2.29. The Labute approximate surface area is 357 Å². The Hall–Kier alpha value is -8.00. The summed E-state index contributed by atoms with van der Waals surface area (Å²) in [6.07, 6.45) is 0. The normalized spacial score (nSPS) is 11.3. The molecule has 61 heavy (non-hydrogen) atoms. The van der Waals surface area contributed by atoms with Gasteiger partial charge in [0.25, 0.3) is 0 Å². The highest BCUT2D eigenvalue weighted by molar-refractivity contribution is 6.09. The molecular formula is C60H41N. The Morgan fingerprint density at radius 2 is 0.672 bits per heavy atom. The fraction of sp³-hybridized carbons (Fsp3) is 0. The molecule has 0 aliphatic heterocycles. The van der Waals surface area contributed by atoms with Crippen LogP contribution in [0.15, 0.2) is 249 Å². The second kappa shape index (κ2) is 15.6. The van der Waals surface area contributed by atoms with Crippen molar-refractivity contribution in [3.63, 3.8) is 0 Å². The molecule has 1 nitrogen and oxygen atoms in total. The van der Waals surface area contributed by atoms with Crippen molar-refractivity contribution in [2.24, 2.45) is 0 Å². The molecule has 0 saturated heterocycles. The maximum atomic E-state index is 2.43. The van der Waals surface area contributed by atoms with Crippen molar-refractivity contribution in [1.82, 2.24) is 0 Å². The topological polar surface area (TPSA) is 3.24 Å². The van der Waals surface area contributed by atoms with Crippen LogP contribution < -0.4 is 4.90 Å². The number of nitrogens with zero attached hydrogens (tertiary/aromatic N) is 1. The van der Waals surface area contributed by atoms with Gasteiger partial charge in [0.05, 0.1) is 5.69 Å². The predicted octanol–water partition coefficient (Wildman–Crippen LogP) is 17.0. The van der Waals surface area contributed by atoms with Gasteiger partial charge in [0.1, 0.15) is 0 Å². The van der Waals surface area contributed by atoms with E-state index in [1.54, 1.807) is 0 Å². The first-order valence-electron chi connectivity index (χ1n) is 21.0. The Balaban J connectivity index is 1.03. The Kier molecular flexibility index (Phi) is 9.26. The molecule has 0 saturated carbocycles. The molecule has 0 spiro atoms. The summed E-state index contributed by atoms with van der Waals surface area (Å²) in [6, 6.07) is 90.5. The molecule has 0 fully saturated rings. The molecule has 286 valence electrons. The lowest BCUT2D eigenvalue weighted by molar-refractivity contribution is 1.29. The SMILES string of the molecule is c1ccc(-c2ccccc2-c2ccccc2-c2ccccc2N(c2ccc(-c3ccc(-c4ccc5ccccc5c4)cc3)cc2)c2ccc3c(ccc4ccccc43)c2)cc1. The second-order valence-electron chi connectivity index (χ2n) is 15.7. The van der Waals surface area contributed by atoms with Crippen LogP contribution in [0.2, 0.25) is 0 Å². The number of anilines is 3. The molecule has 0 heterocycles. The molecule has 0 bridgehead atoms. The lowest BCUT2D eigenvalue weighted by atomic mass is 9.88. The zero-order valence-electron chi connectivity index (χ0n) is 33.6. The van der Waals surface area contributed by atoms with Gasteiger partial charge in [-0.25, -0.2) is 0 Å². The molecule has 0 aromatic heterocycles. The van der Waals surface area contributed by atoms with Gasteiger partial charge in [0.2, 0.25) is 0 Å². The maximum Gasteiger partial charge on any atom is 0.0540 e. The van der Waals surface area contributed by atoms with Crippen LogP contribution in [0.1, 0.15) is 0 Å². The van der Waals surface area contributed by atoms with Gasteiger partial charge in [-0.2, -0.15) is 0 Å². The third-order valence-electron chi connectivity index (χ3n) is 12.1. The summed E-state index contributed by atoms with van der Waals surface area (Å²) >= 11 is 0. The number of rotatable bonds is 8. The molecular weight excluding hydrogens is 735 g/mol. The first kappa shape index (κ1) is 36.1. The van der Waals surface area contributed by atoms with Crippen molar-refractivity contribution < 1.29 is 0 Å². The molecule has 11 aromatic rings. The quantitative estimate of drug-likeness (QED) is 0.139. The molecule has 0 aliphatic carbocycles. The van der Waals surface area contributed by atoms with E-state index in [-0.39, 0.29) is 0 Å². The smallest absolute Gasteiger partial charge is 0.0540 e. The van der Waals surface area contributed by atoms with Crippen LogP contribution in [-0.4, -0.2) is 0 Å². The molecule has 0 atom stereocenters. The minimum Gasteiger partial charge on any atom is -0.310 e. The number of hydrogen-bond acceptors (Lipinski definition) is 1. The van der Waals surface area contributed by atoms with Crippen LogP contribution in [0.3, 0.4) is 0 Å². The Morgan fingerprint density at radius 3 is 1.41 bits per heavy atom. The van der Waals surface area contributed by atoms with Gasteiger partial charge in [-0.15, -0.1) is 0 Å². The van der Waals surface area contributed by atoms with E-state index in [1.165, 1.54) is 82.4 Å². The number of benzene rings is 11. The van der Waals surface area contributed by atoms with Gasteiger partial charge in [-0.05, 0) is 119 Å². The number of para-hydroxylation sites is 1. The standard InChI is InChI=1S/C60H41N/c1-2-15-46(16-3-1)54-20-8-9-21-56(54)57-22-10-11-23-58(57)59-24-12-13-25-60(59)61(52-38-39-55-50(41-52)33-31-47-17-6-7-19-53(47)55)51-36-34-44(35-37-51)43-26-28-45(29-27-43)49-32-30-42-14-4-5-18-48(42)40-49/h1-41H. The van der Waals surface area contributed by atoms with Gasteiger partial charge in [0, 0.05) is 16.9 Å². The molecule has 0 radical (unpaired) electrons. The van der Waals surface area contributed by atoms with Crippen LogP contribution in [-0.2, 0) is 0 Å². The summed E-state index contributed by atoms with van der Waals surface area (Å²) in [5.74, 6) is 0. The first-order valence-corrected chi connectivity index (χ1v) is 21.0. The van der Waals surface area contributed by atoms with Crippen LogP contribution in [0.4, 0.5) is 17.1 Å². The van der Waals surface area contributed by atoms with Gasteiger partial charge in [-0.1, -0.05) is 212 Å². The summed E-state index contributed by atoms with van der Waals surface area (Å²) in [4.78, 5) is 2.43. The average Bonchev–Trinajstić information content (AvgIpc) is 3.34.